The summed E-state index contributed by atoms with van der Waals surface area (Å²) in [5, 5.41) is 1.19. The molecule has 1 aliphatic heterocycles. The van der Waals surface area contributed by atoms with E-state index in [4.69, 9.17) is 9.47 Å². The van der Waals surface area contributed by atoms with E-state index in [1.807, 2.05) is 24.4 Å². The van der Waals surface area contributed by atoms with Crippen LogP contribution in [0, 0.1) is 6.92 Å². The lowest BCUT2D eigenvalue weighted by molar-refractivity contribution is -0.120. The van der Waals surface area contributed by atoms with Crippen LogP contribution in [0.3, 0.4) is 0 Å². The van der Waals surface area contributed by atoms with E-state index in [2.05, 4.69) is 54.4 Å². The molecular weight excluding hydrogens is 398 g/mol. The van der Waals surface area contributed by atoms with Gasteiger partial charge in [0.15, 0.2) is 11.5 Å². The summed E-state index contributed by atoms with van der Waals surface area (Å²) in [6.07, 6.45) is 4.19. The molecule has 4 heteroatoms. The number of fused-ring (bicyclic) bond motifs is 2. The van der Waals surface area contributed by atoms with Crippen LogP contribution in [0.25, 0.3) is 22.0 Å². The Balaban J connectivity index is 1.28. The van der Waals surface area contributed by atoms with E-state index in [0.29, 0.717) is 19.6 Å². The molecule has 2 heterocycles. The Morgan fingerprint density at radius 1 is 0.938 bits per heavy atom. The quantitative estimate of drug-likeness (QED) is 0.444. The van der Waals surface area contributed by atoms with E-state index >= 15 is 0 Å². The smallest absolute Gasteiger partial charge is 0.161 e. The highest BCUT2D eigenvalue weighted by molar-refractivity contribution is 5.95. The molecule has 0 bridgehead atoms. The van der Waals surface area contributed by atoms with Gasteiger partial charge in [-0.05, 0) is 83.3 Å². The first kappa shape index (κ1) is 19.2. The number of aromatic nitrogens is 1. The summed E-state index contributed by atoms with van der Waals surface area (Å²) < 4.78 is 11.4. The fraction of sp³-hybridized carbons (Fsp3) is 0.250. The third-order valence-electron chi connectivity index (χ3n) is 6.91. The molecule has 0 saturated heterocycles. The Morgan fingerprint density at radius 2 is 1.78 bits per heavy atom. The molecule has 160 valence electrons. The van der Waals surface area contributed by atoms with Crippen molar-refractivity contribution in [3.63, 3.8) is 0 Å². The van der Waals surface area contributed by atoms with E-state index in [1.165, 1.54) is 22.1 Å². The lowest BCUT2D eigenvalue weighted by atomic mass is 9.86. The number of hydrogen-bond acceptors (Lipinski definition) is 3. The molecular formula is C28H25NO3. The van der Waals surface area contributed by atoms with E-state index in [0.717, 1.165) is 41.0 Å². The fourth-order valence-corrected chi connectivity index (χ4v) is 4.86. The fourth-order valence-electron chi connectivity index (χ4n) is 4.86. The molecule has 4 aromatic rings. The van der Waals surface area contributed by atoms with Gasteiger partial charge in [0.1, 0.15) is 19.0 Å². The zero-order chi connectivity index (χ0) is 21.7. The number of aromatic amines is 1. The molecule has 1 aliphatic carbocycles. The predicted octanol–water partition coefficient (Wildman–Crippen LogP) is 5.76. The Bertz CT molecular complexity index is 1350. The first-order valence-corrected chi connectivity index (χ1v) is 11.2. The average molecular weight is 424 g/mol. The summed E-state index contributed by atoms with van der Waals surface area (Å²) >= 11 is 0. The van der Waals surface area contributed by atoms with Gasteiger partial charge < -0.3 is 14.5 Å². The third kappa shape index (κ3) is 3.18. The van der Waals surface area contributed by atoms with Gasteiger partial charge in [-0.15, -0.1) is 0 Å². The Kier molecular flexibility index (Phi) is 4.35. The molecule has 0 unspecified atom stereocenters. The number of rotatable bonds is 5. The van der Waals surface area contributed by atoms with Crippen LogP contribution < -0.4 is 9.47 Å². The molecule has 6 rings (SSSR count). The summed E-state index contributed by atoms with van der Waals surface area (Å²) in [6.45, 7) is 3.25. The summed E-state index contributed by atoms with van der Waals surface area (Å²) in [7, 11) is 0. The third-order valence-corrected chi connectivity index (χ3v) is 6.91. The number of aryl methyl sites for hydroxylation is 1. The van der Waals surface area contributed by atoms with Crippen molar-refractivity contribution in [3.05, 3.63) is 83.6 Å². The highest BCUT2D eigenvalue weighted by Gasteiger charge is 2.50. The molecule has 2 aliphatic rings. The first-order chi connectivity index (χ1) is 15.6. The molecule has 32 heavy (non-hydrogen) atoms. The Labute approximate surface area is 187 Å². The molecule has 1 fully saturated rings. The Hall–Kier alpha value is -3.53. The second-order valence-corrected chi connectivity index (χ2v) is 8.97. The Morgan fingerprint density at radius 3 is 2.62 bits per heavy atom. The van der Waals surface area contributed by atoms with Gasteiger partial charge in [0.2, 0.25) is 0 Å². The molecule has 0 atom stereocenters. The van der Waals surface area contributed by atoms with Crippen LogP contribution in [0.5, 0.6) is 11.5 Å². The van der Waals surface area contributed by atoms with Gasteiger partial charge in [-0.3, -0.25) is 4.79 Å². The maximum atomic E-state index is 13.5. The van der Waals surface area contributed by atoms with Crippen molar-refractivity contribution in [2.75, 3.05) is 13.2 Å². The average Bonchev–Trinajstić information content (AvgIpc) is 3.51. The minimum Gasteiger partial charge on any atom is -0.486 e. The predicted molar refractivity (Wildman–Crippen MR) is 126 cm³/mol. The topological polar surface area (TPSA) is 51.3 Å². The van der Waals surface area contributed by atoms with Crippen LogP contribution in [0.4, 0.5) is 0 Å². The van der Waals surface area contributed by atoms with Gasteiger partial charge in [-0.1, -0.05) is 30.3 Å². The number of hydrogen-bond donors (Lipinski definition) is 1. The van der Waals surface area contributed by atoms with Gasteiger partial charge in [0.05, 0.1) is 5.41 Å². The second kappa shape index (κ2) is 7.27. The number of carbonyl (C=O) groups excluding carboxylic acids is 1. The SMILES string of the molecule is Cc1ccc(CC(=O)C2(c3ccc4c(c3)OCCO4)CC2)cc1-c1ccc2[nH]ccc2c1. The molecule has 1 aromatic heterocycles. The van der Waals surface area contributed by atoms with Crippen molar-refractivity contribution in [1.29, 1.82) is 0 Å². The van der Waals surface area contributed by atoms with Gasteiger partial charge in [0.25, 0.3) is 0 Å². The molecule has 0 radical (unpaired) electrons. The summed E-state index contributed by atoms with van der Waals surface area (Å²) in [4.78, 5) is 16.7. The first-order valence-electron chi connectivity index (χ1n) is 11.2. The van der Waals surface area contributed by atoms with E-state index in [9.17, 15) is 4.79 Å². The van der Waals surface area contributed by atoms with E-state index in [1.54, 1.807) is 0 Å². The number of carbonyl (C=O) groups is 1. The van der Waals surface area contributed by atoms with Gasteiger partial charge in [-0.2, -0.15) is 0 Å². The summed E-state index contributed by atoms with van der Waals surface area (Å²) in [5.74, 6) is 1.81. The second-order valence-electron chi connectivity index (χ2n) is 8.97. The maximum absolute atomic E-state index is 13.5. The highest BCUT2D eigenvalue weighted by atomic mass is 16.6. The summed E-state index contributed by atoms with van der Waals surface area (Å²) in [5.41, 5.74) is 6.44. The van der Waals surface area contributed by atoms with Gasteiger partial charge in [0, 0.05) is 18.1 Å². The highest BCUT2D eigenvalue weighted by Crippen LogP contribution is 2.51. The number of H-pyrrole nitrogens is 1. The molecule has 0 spiro atoms. The van der Waals surface area contributed by atoms with E-state index in [-0.39, 0.29) is 11.2 Å². The lowest BCUT2D eigenvalue weighted by Gasteiger charge is -2.21. The monoisotopic (exact) mass is 423 g/mol. The van der Waals surface area contributed by atoms with Crippen LogP contribution >= 0.6 is 0 Å². The maximum Gasteiger partial charge on any atom is 0.161 e. The van der Waals surface area contributed by atoms with Gasteiger partial charge >= 0.3 is 0 Å². The molecule has 1 saturated carbocycles. The number of Topliss-reactive ketones (excluding diaryl/α,β-unsaturated/α-hetero) is 1. The minimum absolute atomic E-state index is 0.282. The molecule has 0 amide bonds. The zero-order valence-electron chi connectivity index (χ0n) is 18.1. The van der Waals surface area contributed by atoms with Crippen LogP contribution in [0.15, 0.2) is 66.9 Å². The number of ketones is 1. The minimum atomic E-state index is -0.384. The standard InChI is InChI=1S/C28H25NO3/c1-18-2-3-19(14-23(18)20-4-6-24-21(16-20)8-11-29-24)15-27(30)28(9-10-28)22-5-7-25-26(17-22)32-13-12-31-25/h2-8,11,14,16-17,29H,9-10,12-13,15H2,1H3. The van der Waals surface area contributed by atoms with Crippen molar-refractivity contribution in [3.8, 4) is 22.6 Å². The largest absolute Gasteiger partial charge is 0.486 e. The van der Waals surface area contributed by atoms with Crippen LogP contribution in [0.1, 0.15) is 29.5 Å². The summed E-state index contributed by atoms with van der Waals surface area (Å²) in [6, 6.07) is 20.9. The van der Waals surface area contributed by atoms with Crippen molar-refractivity contribution in [2.45, 2.75) is 31.6 Å². The lowest BCUT2D eigenvalue weighted by Crippen LogP contribution is -2.23. The zero-order valence-corrected chi connectivity index (χ0v) is 18.1. The molecule has 3 aromatic carbocycles. The molecule has 1 N–H and O–H groups in total. The van der Waals surface area contributed by atoms with Crippen LogP contribution in [0.2, 0.25) is 0 Å². The normalized spacial score (nSPS) is 16.2. The van der Waals surface area contributed by atoms with Crippen molar-refractivity contribution in [2.24, 2.45) is 0 Å². The van der Waals surface area contributed by atoms with Crippen molar-refractivity contribution in [1.82, 2.24) is 4.98 Å². The van der Waals surface area contributed by atoms with Crippen LogP contribution in [-0.2, 0) is 16.6 Å². The van der Waals surface area contributed by atoms with Crippen molar-refractivity contribution < 1.29 is 14.3 Å². The number of nitrogens with one attached hydrogen (secondary N) is 1. The van der Waals surface area contributed by atoms with Crippen LogP contribution in [-0.4, -0.2) is 24.0 Å². The number of ether oxygens (including phenoxy) is 2. The number of benzene rings is 3. The van der Waals surface area contributed by atoms with Gasteiger partial charge in [-0.25, -0.2) is 0 Å². The van der Waals surface area contributed by atoms with E-state index < -0.39 is 0 Å². The van der Waals surface area contributed by atoms with Crippen molar-refractivity contribution >= 4 is 16.7 Å². The molecule has 4 nitrogen and oxygen atoms in total.